The van der Waals surface area contributed by atoms with Crippen LogP contribution in [-0.2, 0) is 5.41 Å². The Kier molecular flexibility index (Phi) is 7.85. The third kappa shape index (κ3) is 6.33. The molecule has 1 atom stereocenters. The summed E-state index contributed by atoms with van der Waals surface area (Å²) in [7, 11) is 0. The third-order valence-electron chi connectivity index (χ3n) is 4.37. The lowest BCUT2D eigenvalue weighted by molar-refractivity contribution is 0.102. The molecule has 0 spiro atoms. The summed E-state index contributed by atoms with van der Waals surface area (Å²) in [6.45, 7) is 9.61. The maximum atomic E-state index is 10.1. The van der Waals surface area contributed by atoms with E-state index in [4.69, 9.17) is 4.74 Å². The monoisotopic (exact) mass is 341 g/mol. The predicted molar refractivity (Wildman–Crippen MR) is 98.9 cm³/mol. The summed E-state index contributed by atoms with van der Waals surface area (Å²) in [5, 5.41) is 13.6. The minimum Gasteiger partial charge on any atom is -0.491 e. The van der Waals surface area contributed by atoms with Crippen LogP contribution in [0, 0.1) is 6.92 Å². The second kappa shape index (κ2) is 8.91. The van der Waals surface area contributed by atoms with Gasteiger partial charge in [-0.3, -0.25) is 0 Å². The first-order valence-electron chi connectivity index (χ1n) is 8.51. The highest BCUT2D eigenvalue weighted by Gasteiger charge is 2.20. The highest BCUT2D eigenvalue weighted by atomic mass is 35.5. The number of ether oxygens (including phenoxy) is 1. The normalized spacial score (nSPS) is 16.9. The maximum absolute atomic E-state index is 10.1. The molecule has 0 saturated heterocycles. The van der Waals surface area contributed by atoms with Gasteiger partial charge in [0.15, 0.2) is 0 Å². The van der Waals surface area contributed by atoms with Crippen LogP contribution in [0.2, 0.25) is 0 Å². The van der Waals surface area contributed by atoms with Crippen LogP contribution in [0.3, 0.4) is 0 Å². The van der Waals surface area contributed by atoms with Crippen LogP contribution in [0.5, 0.6) is 5.75 Å². The summed E-state index contributed by atoms with van der Waals surface area (Å²) in [5.41, 5.74) is 2.47. The van der Waals surface area contributed by atoms with Crippen molar-refractivity contribution in [2.24, 2.45) is 0 Å². The first kappa shape index (κ1) is 20.3. The Morgan fingerprint density at radius 2 is 1.91 bits per heavy atom. The standard InChI is InChI=1S/C19H31NO2.ClH/c1-14-9-10-18(17(11-14)19(2,3)4)22-13-16(21)12-20-15-7-5-6-8-15;/h9-11,15-16,20-21H,5-8,12-13H2,1-4H3;1H. The van der Waals surface area contributed by atoms with Crippen molar-refractivity contribution in [2.75, 3.05) is 13.2 Å². The van der Waals surface area contributed by atoms with Gasteiger partial charge in [0.2, 0.25) is 0 Å². The number of aliphatic hydroxyl groups is 1. The molecule has 23 heavy (non-hydrogen) atoms. The van der Waals surface area contributed by atoms with Crippen molar-refractivity contribution in [2.45, 2.75) is 70.9 Å². The smallest absolute Gasteiger partial charge is 0.123 e. The van der Waals surface area contributed by atoms with Gasteiger partial charge in [-0.2, -0.15) is 0 Å². The number of rotatable bonds is 6. The van der Waals surface area contributed by atoms with E-state index in [0.717, 1.165) is 5.75 Å². The lowest BCUT2D eigenvalue weighted by Gasteiger charge is -2.24. The first-order chi connectivity index (χ1) is 10.4. The lowest BCUT2D eigenvalue weighted by atomic mass is 9.85. The molecule has 0 bridgehead atoms. The van der Waals surface area contributed by atoms with Crippen molar-refractivity contribution in [3.8, 4) is 5.75 Å². The molecular formula is C19H32ClNO2. The third-order valence-corrected chi connectivity index (χ3v) is 4.37. The predicted octanol–water partition coefficient (Wildman–Crippen LogP) is 3.99. The van der Waals surface area contributed by atoms with Gasteiger partial charge in [0.25, 0.3) is 0 Å². The molecule has 0 radical (unpaired) electrons. The number of benzene rings is 1. The zero-order chi connectivity index (χ0) is 16.2. The Morgan fingerprint density at radius 3 is 2.52 bits per heavy atom. The maximum Gasteiger partial charge on any atom is 0.123 e. The quantitative estimate of drug-likeness (QED) is 0.822. The minimum absolute atomic E-state index is 0. The molecule has 1 aromatic carbocycles. The Hall–Kier alpha value is -0.770. The highest BCUT2D eigenvalue weighted by Crippen LogP contribution is 2.32. The van der Waals surface area contributed by atoms with Gasteiger partial charge in [0, 0.05) is 12.6 Å². The van der Waals surface area contributed by atoms with E-state index in [-0.39, 0.29) is 17.8 Å². The molecular weight excluding hydrogens is 310 g/mol. The van der Waals surface area contributed by atoms with E-state index in [1.165, 1.54) is 36.8 Å². The Bertz CT molecular complexity index is 479. The molecule has 0 heterocycles. The number of hydrogen-bond donors (Lipinski definition) is 2. The summed E-state index contributed by atoms with van der Waals surface area (Å²) in [6, 6.07) is 6.85. The van der Waals surface area contributed by atoms with Crippen LogP contribution in [0.4, 0.5) is 0 Å². The summed E-state index contributed by atoms with van der Waals surface area (Å²) < 4.78 is 5.91. The molecule has 2 rings (SSSR count). The molecule has 1 aliphatic carbocycles. The molecule has 3 nitrogen and oxygen atoms in total. The Balaban J connectivity index is 0.00000264. The second-order valence-corrected chi connectivity index (χ2v) is 7.60. The molecule has 0 aromatic heterocycles. The number of aliphatic hydroxyl groups excluding tert-OH is 1. The average molecular weight is 342 g/mol. The van der Waals surface area contributed by atoms with Gasteiger partial charge in [0.05, 0.1) is 0 Å². The highest BCUT2D eigenvalue weighted by molar-refractivity contribution is 5.85. The number of aryl methyl sites for hydroxylation is 1. The van der Waals surface area contributed by atoms with Crippen LogP contribution in [0.1, 0.15) is 57.6 Å². The summed E-state index contributed by atoms with van der Waals surface area (Å²) >= 11 is 0. The van der Waals surface area contributed by atoms with Crippen molar-refractivity contribution in [3.05, 3.63) is 29.3 Å². The lowest BCUT2D eigenvalue weighted by Crippen LogP contribution is -2.36. The van der Waals surface area contributed by atoms with Crippen LogP contribution in [-0.4, -0.2) is 30.4 Å². The zero-order valence-electron chi connectivity index (χ0n) is 14.9. The van der Waals surface area contributed by atoms with E-state index >= 15 is 0 Å². The van der Waals surface area contributed by atoms with Crippen LogP contribution >= 0.6 is 12.4 Å². The van der Waals surface area contributed by atoms with E-state index < -0.39 is 6.10 Å². The molecule has 1 aliphatic rings. The van der Waals surface area contributed by atoms with E-state index in [1.54, 1.807) is 0 Å². The fraction of sp³-hybridized carbons (Fsp3) is 0.684. The topological polar surface area (TPSA) is 41.5 Å². The van der Waals surface area contributed by atoms with Crippen molar-refractivity contribution in [3.63, 3.8) is 0 Å². The molecule has 4 heteroatoms. The molecule has 0 amide bonds. The van der Waals surface area contributed by atoms with Crippen molar-refractivity contribution in [1.29, 1.82) is 0 Å². The second-order valence-electron chi connectivity index (χ2n) is 7.60. The van der Waals surface area contributed by atoms with Crippen molar-refractivity contribution < 1.29 is 9.84 Å². The zero-order valence-corrected chi connectivity index (χ0v) is 15.7. The fourth-order valence-corrected chi connectivity index (χ4v) is 3.03. The summed E-state index contributed by atoms with van der Waals surface area (Å²) in [5.74, 6) is 0.887. The van der Waals surface area contributed by atoms with Gasteiger partial charge in [-0.25, -0.2) is 0 Å². The average Bonchev–Trinajstić information content (AvgIpc) is 2.96. The van der Waals surface area contributed by atoms with E-state index in [1.807, 2.05) is 6.07 Å². The molecule has 1 saturated carbocycles. The number of hydrogen-bond acceptors (Lipinski definition) is 3. The van der Waals surface area contributed by atoms with Crippen LogP contribution in [0.15, 0.2) is 18.2 Å². The van der Waals surface area contributed by atoms with E-state index in [2.05, 4.69) is 45.1 Å². The van der Waals surface area contributed by atoms with Crippen LogP contribution < -0.4 is 10.1 Å². The largest absolute Gasteiger partial charge is 0.491 e. The van der Waals surface area contributed by atoms with E-state index in [9.17, 15) is 5.11 Å². The van der Waals surface area contributed by atoms with Gasteiger partial charge < -0.3 is 15.2 Å². The Labute approximate surface area is 147 Å². The summed E-state index contributed by atoms with van der Waals surface area (Å²) in [6.07, 6.45) is 4.62. The number of nitrogens with one attached hydrogen (secondary N) is 1. The van der Waals surface area contributed by atoms with Gasteiger partial charge in [-0.15, -0.1) is 12.4 Å². The molecule has 132 valence electrons. The molecule has 1 aromatic rings. The fourth-order valence-electron chi connectivity index (χ4n) is 3.03. The minimum atomic E-state index is -0.463. The first-order valence-corrected chi connectivity index (χ1v) is 8.51. The van der Waals surface area contributed by atoms with Gasteiger partial charge in [-0.05, 0) is 36.8 Å². The van der Waals surface area contributed by atoms with Crippen molar-refractivity contribution in [1.82, 2.24) is 5.32 Å². The van der Waals surface area contributed by atoms with Crippen LogP contribution in [0.25, 0.3) is 0 Å². The summed E-state index contributed by atoms with van der Waals surface area (Å²) in [4.78, 5) is 0. The SMILES string of the molecule is Cc1ccc(OCC(O)CNC2CCCC2)c(C(C)(C)C)c1.Cl. The van der Waals surface area contributed by atoms with Crippen molar-refractivity contribution >= 4 is 12.4 Å². The number of halogens is 1. The van der Waals surface area contributed by atoms with Gasteiger partial charge in [-0.1, -0.05) is 51.3 Å². The van der Waals surface area contributed by atoms with E-state index in [0.29, 0.717) is 19.2 Å². The molecule has 2 N–H and O–H groups in total. The molecule has 0 aliphatic heterocycles. The van der Waals surface area contributed by atoms with Gasteiger partial charge in [0.1, 0.15) is 18.5 Å². The molecule has 1 fully saturated rings. The molecule has 1 unspecified atom stereocenters. The van der Waals surface area contributed by atoms with Gasteiger partial charge >= 0.3 is 0 Å². The Morgan fingerprint density at radius 1 is 1.26 bits per heavy atom.